The Morgan fingerprint density at radius 3 is 2.38 bits per heavy atom. The topological polar surface area (TPSA) is 99.9 Å². The summed E-state index contributed by atoms with van der Waals surface area (Å²) in [5, 5.41) is 14.6. The average Bonchev–Trinajstić information content (AvgIpc) is 2.56. The van der Waals surface area contributed by atoms with E-state index in [1.54, 1.807) is 31.2 Å². The second kappa shape index (κ2) is 8.51. The van der Waals surface area contributed by atoms with E-state index >= 15 is 0 Å². The molecule has 0 spiro atoms. The smallest absolute Gasteiger partial charge is 0.329 e. The number of nitrogens with zero attached hydrogens (tertiary/aromatic N) is 1. The fraction of sp³-hybridized carbons (Fsp3) is 0.250. The molecular formula is C16H18ClN2O6P. The monoisotopic (exact) mass is 400 g/mol. The Hall–Kier alpha value is -2.12. The molecule has 0 radical (unpaired) electrons. The Labute approximate surface area is 155 Å². The van der Waals surface area contributed by atoms with Gasteiger partial charge in [-0.1, -0.05) is 11.6 Å². The Bertz CT molecular complexity index is 830. The zero-order valence-corrected chi connectivity index (χ0v) is 16.0. The van der Waals surface area contributed by atoms with Gasteiger partial charge in [0.15, 0.2) is 0 Å². The van der Waals surface area contributed by atoms with Crippen molar-refractivity contribution in [1.29, 1.82) is 0 Å². The Balaban J connectivity index is 2.23. The van der Waals surface area contributed by atoms with E-state index in [1.165, 1.54) is 32.0 Å². The van der Waals surface area contributed by atoms with E-state index in [4.69, 9.17) is 25.4 Å². The van der Waals surface area contributed by atoms with Crippen LogP contribution in [0.1, 0.15) is 6.92 Å². The van der Waals surface area contributed by atoms with Gasteiger partial charge in [0, 0.05) is 30.9 Å². The van der Waals surface area contributed by atoms with Crippen LogP contribution in [-0.4, -0.2) is 24.9 Å². The normalized spacial score (nSPS) is 14.3. The highest BCUT2D eigenvalue weighted by Crippen LogP contribution is 2.44. The van der Waals surface area contributed by atoms with Gasteiger partial charge in [-0.3, -0.25) is 19.2 Å². The molecule has 2 aromatic carbocycles. The molecule has 2 aromatic rings. The highest BCUT2D eigenvalue weighted by Gasteiger charge is 2.22. The average molecular weight is 401 g/mol. The molecule has 0 heterocycles. The lowest BCUT2D eigenvalue weighted by molar-refractivity contribution is -0.384. The largest absolute Gasteiger partial charge is 0.457 e. The molecule has 8 nitrogen and oxygen atoms in total. The molecule has 0 fully saturated rings. The lowest BCUT2D eigenvalue weighted by Crippen LogP contribution is -2.18. The van der Waals surface area contributed by atoms with E-state index in [0.29, 0.717) is 16.5 Å². The van der Waals surface area contributed by atoms with E-state index in [9.17, 15) is 14.7 Å². The standard InChI is InChI=1S/C16H18ClN2O6P/c1-11(25-26(3,22)23-2)18-15-10-14(8-9-16(15)19(20)21)24-13-6-4-12(17)5-7-13/h4-11,18H,1-3H3. The van der Waals surface area contributed by atoms with E-state index in [2.05, 4.69) is 5.32 Å². The molecule has 0 amide bonds. The van der Waals surface area contributed by atoms with Crippen LogP contribution in [0.3, 0.4) is 0 Å². The first kappa shape index (κ1) is 20.2. The van der Waals surface area contributed by atoms with Crippen molar-refractivity contribution in [2.75, 3.05) is 19.1 Å². The number of benzene rings is 2. The fourth-order valence-electron chi connectivity index (χ4n) is 2.07. The molecule has 140 valence electrons. The molecule has 2 rings (SSSR count). The minimum atomic E-state index is -3.25. The van der Waals surface area contributed by atoms with Crippen LogP contribution in [0.4, 0.5) is 11.4 Å². The number of halogens is 1. The highest BCUT2D eigenvalue weighted by atomic mass is 35.5. The zero-order chi connectivity index (χ0) is 19.3. The molecule has 2 unspecified atom stereocenters. The molecule has 10 heteroatoms. The SMILES string of the molecule is COP(C)(=O)OC(C)Nc1cc(Oc2ccc(Cl)cc2)ccc1[N+](=O)[O-]. The van der Waals surface area contributed by atoms with Crippen molar-refractivity contribution in [1.82, 2.24) is 0 Å². The van der Waals surface area contributed by atoms with Gasteiger partial charge in [0.05, 0.1) is 4.92 Å². The number of rotatable bonds is 8. The van der Waals surface area contributed by atoms with Crippen molar-refractivity contribution in [2.24, 2.45) is 0 Å². The maximum atomic E-state index is 11.9. The molecule has 0 saturated carbocycles. The van der Waals surface area contributed by atoms with Gasteiger partial charge in [-0.2, -0.15) is 0 Å². The summed E-state index contributed by atoms with van der Waals surface area (Å²) in [5.74, 6) is 0.898. The molecule has 0 aromatic heterocycles. The molecular weight excluding hydrogens is 383 g/mol. The quantitative estimate of drug-likeness (QED) is 0.278. The molecule has 1 N–H and O–H groups in total. The van der Waals surface area contributed by atoms with Crippen LogP contribution < -0.4 is 10.1 Å². The molecule has 26 heavy (non-hydrogen) atoms. The van der Waals surface area contributed by atoms with Gasteiger partial charge >= 0.3 is 7.60 Å². The van der Waals surface area contributed by atoms with Gasteiger partial charge in [-0.15, -0.1) is 0 Å². The highest BCUT2D eigenvalue weighted by molar-refractivity contribution is 7.52. The molecule has 0 saturated heterocycles. The molecule has 0 aliphatic heterocycles. The maximum absolute atomic E-state index is 11.9. The van der Waals surface area contributed by atoms with Gasteiger partial charge in [-0.25, -0.2) is 0 Å². The van der Waals surface area contributed by atoms with Crippen LogP contribution in [0.25, 0.3) is 0 Å². The predicted molar refractivity (Wildman–Crippen MR) is 99.3 cm³/mol. The number of nitrogens with one attached hydrogen (secondary N) is 1. The predicted octanol–water partition coefficient (Wildman–Crippen LogP) is 5.28. The maximum Gasteiger partial charge on any atom is 0.329 e. The minimum absolute atomic E-state index is 0.157. The summed E-state index contributed by atoms with van der Waals surface area (Å²) >= 11 is 5.83. The van der Waals surface area contributed by atoms with Crippen molar-refractivity contribution < 1.29 is 23.3 Å². The third-order valence-electron chi connectivity index (χ3n) is 3.25. The Morgan fingerprint density at radius 2 is 1.81 bits per heavy atom. The summed E-state index contributed by atoms with van der Waals surface area (Å²) in [6.07, 6.45) is -0.796. The summed E-state index contributed by atoms with van der Waals surface area (Å²) in [7, 11) is -1.99. The molecule has 2 atom stereocenters. The van der Waals surface area contributed by atoms with Crippen LogP contribution in [0.2, 0.25) is 5.02 Å². The third-order valence-corrected chi connectivity index (χ3v) is 4.87. The van der Waals surface area contributed by atoms with Gasteiger partial charge < -0.3 is 14.6 Å². The van der Waals surface area contributed by atoms with Crippen molar-refractivity contribution in [2.45, 2.75) is 13.2 Å². The molecule has 0 bridgehead atoms. The lowest BCUT2D eigenvalue weighted by atomic mass is 10.2. The number of ether oxygens (including phenoxy) is 1. The van der Waals surface area contributed by atoms with E-state index < -0.39 is 18.7 Å². The van der Waals surface area contributed by atoms with E-state index in [-0.39, 0.29) is 11.4 Å². The zero-order valence-electron chi connectivity index (χ0n) is 14.3. The van der Waals surface area contributed by atoms with Gasteiger partial charge in [0.25, 0.3) is 5.69 Å². The van der Waals surface area contributed by atoms with E-state index in [1.807, 2.05) is 0 Å². The van der Waals surface area contributed by atoms with Gasteiger partial charge in [0.2, 0.25) is 0 Å². The lowest BCUT2D eigenvalue weighted by Gasteiger charge is -2.20. The molecule has 0 aliphatic carbocycles. The summed E-state index contributed by atoms with van der Waals surface area (Å²) in [6.45, 7) is 2.87. The molecule has 0 aliphatic rings. The summed E-state index contributed by atoms with van der Waals surface area (Å²) in [4.78, 5) is 10.7. The van der Waals surface area contributed by atoms with E-state index in [0.717, 1.165) is 0 Å². The van der Waals surface area contributed by atoms with Gasteiger partial charge in [0.1, 0.15) is 23.4 Å². The fourth-order valence-corrected chi connectivity index (χ4v) is 2.91. The number of nitro groups is 1. The Morgan fingerprint density at radius 1 is 1.19 bits per heavy atom. The van der Waals surface area contributed by atoms with Crippen molar-refractivity contribution >= 4 is 30.6 Å². The summed E-state index contributed by atoms with van der Waals surface area (Å²) < 4.78 is 27.6. The van der Waals surface area contributed by atoms with Crippen molar-refractivity contribution in [3.8, 4) is 11.5 Å². The summed E-state index contributed by atoms with van der Waals surface area (Å²) in [5.41, 5.74) is -0.0164. The minimum Gasteiger partial charge on any atom is -0.457 e. The van der Waals surface area contributed by atoms with Crippen LogP contribution in [0.15, 0.2) is 42.5 Å². The van der Waals surface area contributed by atoms with Crippen molar-refractivity contribution in [3.05, 3.63) is 57.6 Å². The number of hydrogen-bond acceptors (Lipinski definition) is 7. The van der Waals surface area contributed by atoms with Crippen LogP contribution in [-0.2, 0) is 13.6 Å². The van der Waals surface area contributed by atoms with Crippen molar-refractivity contribution in [3.63, 3.8) is 0 Å². The second-order valence-electron chi connectivity index (χ2n) is 5.34. The van der Waals surface area contributed by atoms with Gasteiger partial charge in [-0.05, 0) is 37.3 Å². The number of nitro benzene ring substituents is 1. The third kappa shape index (κ3) is 5.71. The Kier molecular flexibility index (Phi) is 6.61. The first-order valence-corrected chi connectivity index (χ1v) is 9.87. The van der Waals surface area contributed by atoms with Crippen LogP contribution >= 0.6 is 19.2 Å². The first-order chi connectivity index (χ1) is 12.2. The first-order valence-electron chi connectivity index (χ1n) is 7.50. The number of anilines is 1. The summed E-state index contributed by atoms with van der Waals surface area (Å²) in [6, 6.07) is 10.9. The van der Waals surface area contributed by atoms with Crippen LogP contribution in [0.5, 0.6) is 11.5 Å². The van der Waals surface area contributed by atoms with Crippen LogP contribution in [0, 0.1) is 10.1 Å². The second-order valence-corrected chi connectivity index (χ2v) is 7.89. The number of hydrogen-bond donors (Lipinski definition) is 1.